The molecule has 3 aromatic rings. The van der Waals surface area contributed by atoms with Gasteiger partial charge in [0.2, 0.25) is 0 Å². The molecule has 1 aliphatic rings. The fourth-order valence-electron chi connectivity index (χ4n) is 3.95. The molecule has 6 nitrogen and oxygen atoms in total. The van der Waals surface area contributed by atoms with Crippen LogP contribution < -0.4 is 5.32 Å². The van der Waals surface area contributed by atoms with Gasteiger partial charge in [0.1, 0.15) is 22.5 Å². The number of hydrogen-bond donors (Lipinski definition) is 1. The highest BCUT2D eigenvalue weighted by molar-refractivity contribution is 7.15. The van der Waals surface area contributed by atoms with Gasteiger partial charge in [-0.15, -0.1) is 11.3 Å². The highest BCUT2D eigenvalue weighted by Gasteiger charge is 2.34. The molecule has 1 fully saturated rings. The predicted octanol–water partition coefficient (Wildman–Crippen LogP) is 5.05. The van der Waals surface area contributed by atoms with Crippen LogP contribution in [-0.2, 0) is 0 Å². The molecule has 0 bridgehead atoms. The van der Waals surface area contributed by atoms with Crippen LogP contribution in [0.3, 0.4) is 0 Å². The van der Waals surface area contributed by atoms with Crippen molar-refractivity contribution in [1.29, 1.82) is 0 Å². The SMILES string of the molecule is Cc1nc(C(=O)N2CCC[C@H](C)[C@@H]2CNc2cncc(Cl)n2)c(-c2ccc(F)cc2)s1. The van der Waals surface area contributed by atoms with Crippen molar-refractivity contribution < 1.29 is 9.18 Å². The number of rotatable bonds is 5. The molecule has 4 rings (SSSR count). The van der Waals surface area contributed by atoms with Gasteiger partial charge in [0.15, 0.2) is 0 Å². The van der Waals surface area contributed by atoms with Gasteiger partial charge in [0.25, 0.3) is 5.91 Å². The third-order valence-electron chi connectivity index (χ3n) is 5.52. The molecule has 31 heavy (non-hydrogen) atoms. The number of aromatic nitrogens is 3. The molecule has 0 unspecified atom stereocenters. The number of nitrogens with one attached hydrogen (secondary N) is 1. The Morgan fingerprint density at radius 3 is 2.81 bits per heavy atom. The first-order valence-corrected chi connectivity index (χ1v) is 11.4. The second-order valence-electron chi connectivity index (χ2n) is 7.71. The van der Waals surface area contributed by atoms with Gasteiger partial charge >= 0.3 is 0 Å². The summed E-state index contributed by atoms with van der Waals surface area (Å²) in [7, 11) is 0. The summed E-state index contributed by atoms with van der Waals surface area (Å²) in [6.45, 7) is 5.24. The highest BCUT2D eigenvalue weighted by atomic mass is 35.5. The quantitative estimate of drug-likeness (QED) is 0.577. The van der Waals surface area contributed by atoms with E-state index in [2.05, 4.69) is 27.2 Å². The van der Waals surface area contributed by atoms with Crippen LogP contribution in [0.5, 0.6) is 0 Å². The van der Waals surface area contributed by atoms with Crippen LogP contribution in [0.1, 0.15) is 35.3 Å². The maximum Gasteiger partial charge on any atom is 0.274 e. The Bertz CT molecular complexity index is 1070. The monoisotopic (exact) mass is 459 g/mol. The van der Waals surface area contributed by atoms with E-state index in [0.29, 0.717) is 35.7 Å². The number of carbonyl (C=O) groups excluding carboxylic acids is 1. The Kier molecular flexibility index (Phi) is 6.48. The van der Waals surface area contributed by atoms with E-state index in [1.165, 1.54) is 29.7 Å². The number of hydrogen-bond acceptors (Lipinski definition) is 6. The molecule has 1 N–H and O–H groups in total. The molecule has 2 aromatic heterocycles. The average molecular weight is 460 g/mol. The number of aryl methyl sites for hydroxylation is 1. The normalized spacial score (nSPS) is 18.8. The number of likely N-dealkylation sites (tertiary alicyclic amines) is 1. The van der Waals surface area contributed by atoms with Crippen LogP contribution in [0, 0.1) is 18.7 Å². The number of thiazole rings is 1. The molecule has 1 aromatic carbocycles. The number of piperidine rings is 1. The van der Waals surface area contributed by atoms with Gasteiger partial charge in [0.05, 0.1) is 28.3 Å². The van der Waals surface area contributed by atoms with E-state index >= 15 is 0 Å². The lowest BCUT2D eigenvalue weighted by molar-refractivity contribution is 0.0535. The largest absolute Gasteiger partial charge is 0.367 e. The van der Waals surface area contributed by atoms with Crippen molar-refractivity contribution in [3.8, 4) is 10.4 Å². The van der Waals surface area contributed by atoms with Gasteiger partial charge in [-0.05, 0) is 43.4 Å². The van der Waals surface area contributed by atoms with E-state index in [9.17, 15) is 9.18 Å². The Balaban J connectivity index is 1.59. The topological polar surface area (TPSA) is 71.0 Å². The Labute approximate surface area is 189 Å². The molecule has 3 heterocycles. The van der Waals surface area contributed by atoms with Crippen LogP contribution in [0.25, 0.3) is 10.4 Å². The smallest absolute Gasteiger partial charge is 0.274 e. The molecule has 1 saturated heterocycles. The minimum absolute atomic E-state index is 0.0231. The molecule has 0 aliphatic carbocycles. The fraction of sp³-hybridized carbons (Fsp3) is 0.364. The standard InChI is InChI=1S/C22H23ClFN5OS/c1-13-4-3-9-29(17(13)10-26-19-12-25-11-18(23)28-19)22(30)20-21(31-14(2)27-20)15-5-7-16(24)8-6-15/h5-8,11-13,17H,3-4,9-10H2,1-2H3,(H,26,28)/t13-,17-/m0/s1. The zero-order chi connectivity index (χ0) is 22.0. The Morgan fingerprint density at radius 1 is 1.29 bits per heavy atom. The van der Waals surface area contributed by atoms with E-state index in [4.69, 9.17) is 11.6 Å². The Hall–Kier alpha value is -2.58. The van der Waals surface area contributed by atoms with Crippen molar-refractivity contribution in [1.82, 2.24) is 19.9 Å². The summed E-state index contributed by atoms with van der Waals surface area (Å²) in [5, 5.41) is 4.39. The zero-order valence-electron chi connectivity index (χ0n) is 17.3. The maximum absolute atomic E-state index is 13.6. The first-order chi connectivity index (χ1) is 14.9. The summed E-state index contributed by atoms with van der Waals surface area (Å²) in [6.07, 6.45) is 5.07. The lowest BCUT2D eigenvalue weighted by atomic mass is 9.90. The second kappa shape index (κ2) is 9.28. The van der Waals surface area contributed by atoms with Crippen molar-refractivity contribution in [3.05, 3.63) is 58.3 Å². The van der Waals surface area contributed by atoms with E-state index < -0.39 is 0 Å². The lowest BCUT2D eigenvalue weighted by Gasteiger charge is -2.40. The van der Waals surface area contributed by atoms with Gasteiger partial charge < -0.3 is 10.2 Å². The average Bonchev–Trinajstić information content (AvgIpc) is 3.14. The van der Waals surface area contributed by atoms with E-state index in [0.717, 1.165) is 28.3 Å². The van der Waals surface area contributed by atoms with Gasteiger partial charge in [-0.3, -0.25) is 9.78 Å². The minimum Gasteiger partial charge on any atom is -0.367 e. The molecule has 1 aliphatic heterocycles. The lowest BCUT2D eigenvalue weighted by Crippen LogP contribution is -2.51. The second-order valence-corrected chi connectivity index (χ2v) is 9.30. The summed E-state index contributed by atoms with van der Waals surface area (Å²) in [6, 6.07) is 6.16. The summed E-state index contributed by atoms with van der Waals surface area (Å²) in [5.74, 6) is 0.484. The summed E-state index contributed by atoms with van der Waals surface area (Å²) >= 11 is 7.38. The third-order valence-corrected chi connectivity index (χ3v) is 6.72. The van der Waals surface area contributed by atoms with E-state index in [1.807, 2.05) is 11.8 Å². The van der Waals surface area contributed by atoms with E-state index in [-0.39, 0.29) is 17.8 Å². The van der Waals surface area contributed by atoms with Crippen LogP contribution in [0.4, 0.5) is 10.2 Å². The highest BCUT2D eigenvalue weighted by Crippen LogP contribution is 2.33. The van der Waals surface area contributed by atoms with Crippen LogP contribution >= 0.6 is 22.9 Å². The van der Waals surface area contributed by atoms with Crippen molar-refractivity contribution >= 4 is 34.7 Å². The maximum atomic E-state index is 13.6. The van der Waals surface area contributed by atoms with Gasteiger partial charge in [-0.2, -0.15) is 0 Å². The van der Waals surface area contributed by atoms with Gasteiger partial charge in [-0.1, -0.05) is 30.7 Å². The third kappa shape index (κ3) is 4.85. The molecular weight excluding hydrogens is 437 g/mol. The molecule has 2 atom stereocenters. The minimum atomic E-state index is -0.307. The molecule has 162 valence electrons. The first-order valence-electron chi connectivity index (χ1n) is 10.2. The number of nitrogens with zero attached hydrogens (tertiary/aromatic N) is 4. The molecule has 0 spiro atoms. The van der Waals surface area contributed by atoms with Crippen molar-refractivity contribution in [3.63, 3.8) is 0 Å². The molecule has 0 radical (unpaired) electrons. The number of benzene rings is 1. The Morgan fingerprint density at radius 2 is 2.06 bits per heavy atom. The predicted molar refractivity (Wildman–Crippen MR) is 121 cm³/mol. The van der Waals surface area contributed by atoms with Crippen molar-refractivity contribution in [2.45, 2.75) is 32.7 Å². The van der Waals surface area contributed by atoms with Crippen LogP contribution in [-0.4, -0.2) is 44.9 Å². The van der Waals surface area contributed by atoms with Gasteiger partial charge in [-0.25, -0.2) is 14.4 Å². The van der Waals surface area contributed by atoms with Crippen molar-refractivity contribution in [2.24, 2.45) is 5.92 Å². The summed E-state index contributed by atoms with van der Waals surface area (Å²) in [4.78, 5) is 29.1. The first kappa shape index (κ1) is 21.6. The molecular formula is C22H23ClFN5OS. The van der Waals surface area contributed by atoms with E-state index in [1.54, 1.807) is 18.3 Å². The molecule has 0 saturated carbocycles. The fourth-order valence-corrected chi connectivity index (χ4v) is 5.02. The van der Waals surface area contributed by atoms with Crippen LogP contribution in [0.15, 0.2) is 36.7 Å². The number of halogens is 2. The van der Waals surface area contributed by atoms with Gasteiger partial charge in [0, 0.05) is 13.1 Å². The summed E-state index contributed by atoms with van der Waals surface area (Å²) < 4.78 is 13.4. The molecule has 1 amide bonds. The van der Waals surface area contributed by atoms with Crippen molar-refractivity contribution in [2.75, 3.05) is 18.4 Å². The number of anilines is 1. The number of amides is 1. The molecule has 9 heteroatoms. The van der Waals surface area contributed by atoms with Crippen LogP contribution in [0.2, 0.25) is 5.15 Å². The number of carbonyl (C=O) groups is 1. The summed E-state index contributed by atoms with van der Waals surface area (Å²) in [5.41, 5.74) is 1.22. The zero-order valence-corrected chi connectivity index (χ0v) is 18.9.